The van der Waals surface area contributed by atoms with E-state index in [1.54, 1.807) is 12.1 Å². The Bertz CT molecular complexity index is 1590. The van der Waals surface area contributed by atoms with Crippen LogP contribution in [0.2, 0.25) is 10.0 Å². The first-order valence-corrected chi connectivity index (χ1v) is 14.3. The average molecular weight is 617 g/mol. The van der Waals surface area contributed by atoms with E-state index in [0.29, 0.717) is 59.6 Å². The highest BCUT2D eigenvalue weighted by molar-refractivity contribution is 7.92. The summed E-state index contributed by atoms with van der Waals surface area (Å²) in [7, 11) is -3.85. The van der Waals surface area contributed by atoms with Gasteiger partial charge in [-0.3, -0.25) is 9.52 Å². The van der Waals surface area contributed by atoms with E-state index in [0.717, 1.165) is 18.4 Å². The van der Waals surface area contributed by atoms with Gasteiger partial charge in [-0.05, 0) is 48.2 Å². The van der Waals surface area contributed by atoms with Crippen molar-refractivity contribution in [1.82, 2.24) is 5.32 Å². The highest BCUT2D eigenvalue weighted by Crippen LogP contribution is 2.44. The van der Waals surface area contributed by atoms with Crippen LogP contribution in [0.1, 0.15) is 27.9 Å². The van der Waals surface area contributed by atoms with Gasteiger partial charge in [0.1, 0.15) is 34.8 Å². The highest BCUT2D eigenvalue weighted by atomic mass is 35.5. The molecule has 0 aromatic heterocycles. The molecule has 0 spiro atoms. The zero-order valence-corrected chi connectivity index (χ0v) is 23.0. The molecule has 1 amide bonds. The molecule has 0 bridgehead atoms. The molecule has 1 unspecified atom stereocenters. The van der Waals surface area contributed by atoms with Crippen molar-refractivity contribution in [3.63, 3.8) is 0 Å². The predicted octanol–water partition coefficient (Wildman–Crippen LogP) is 5.20. The Balaban J connectivity index is 1.65. The number of hydrogen-bond donors (Lipinski definition) is 3. The Kier molecular flexibility index (Phi) is 8.52. The second kappa shape index (κ2) is 11.6. The third-order valence-electron chi connectivity index (χ3n) is 6.05. The third-order valence-corrected chi connectivity index (χ3v) is 7.25. The Morgan fingerprint density at radius 1 is 1.07 bits per heavy atom. The second-order valence-corrected chi connectivity index (χ2v) is 11.6. The summed E-state index contributed by atoms with van der Waals surface area (Å²) in [6, 6.07) is 4.98. The van der Waals surface area contributed by atoms with Crippen LogP contribution in [0.25, 0.3) is 11.1 Å². The van der Waals surface area contributed by atoms with E-state index in [-0.39, 0.29) is 16.5 Å². The van der Waals surface area contributed by atoms with Crippen molar-refractivity contribution in [2.45, 2.75) is 25.3 Å². The van der Waals surface area contributed by atoms with Crippen molar-refractivity contribution in [3.8, 4) is 16.9 Å². The lowest BCUT2D eigenvalue weighted by Gasteiger charge is -2.25. The molecule has 1 heterocycles. The van der Waals surface area contributed by atoms with Crippen molar-refractivity contribution >= 4 is 50.8 Å². The molecule has 8 nitrogen and oxygen atoms in total. The van der Waals surface area contributed by atoms with Crippen molar-refractivity contribution in [2.24, 2.45) is 0 Å². The fraction of sp³-hybridized carbons (Fsp3) is 0.231. The number of amides is 1. The Labute approximate surface area is 237 Å². The van der Waals surface area contributed by atoms with Gasteiger partial charge in [0, 0.05) is 17.5 Å². The van der Waals surface area contributed by atoms with Crippen LogP contribution >= 0.6 is 23.2 Å². The second-order valence-electron chi connectivity index (χ2n) is 9.03. The van der Waals surface area contributed by atoms with E-state index in [1.807, 2.05) is 4.72 Å². The topological polar surface area (TPSA) is 122 Å². The molecule has 3 N–H and O–H groups in total. The van der Waals surface area contributed by atoms with Crippen LogP contribution in [0, 0.1) is 17.5 Å². The lowest BCUT2D eigenvalue weighted by atomic mass is 9.90. The summed E-state index contributed by atoms with van der Waals surface area (Å²) in [5.41, 5.74) is 0.375. The van der Waals surface area contributed by atoms with E-state index < -0.39 is 56.6 Å². The molecule has 0 saturated heterocycles. The number of anilines is 1. The number of aliphatic carboxylic acids is 1. The predicted molar refractivity (Wildman–Crippen MR) is 143 cm³/mol. The Morgan fingerprint density at radius 3 is 2.27 bits per heavy atom. The molecule has 1 atom stereocenters. The number of carboxylic acids is 1. The number of carbonyl (C=O) groups excluding carboxylic acids is 1. The first-order chi connectivity index (χ1) is 18.7. The number of halogens is 5. The quantitative estimate of drug-likeness (QED) is 0.320. The van der Waals surface area contributed by atoms with Crippen LogP contribution in [0.15, 0.2) is 36.4 Å². The molecule has 1 aliphatic heterocycles. The van der Waals surface area contributed by atoms with E-state index in [9.17, 15) is 36.3 Å². The van der Waals surface area contributed by atoms with Gasteiger partial charge in [-0.25, -0.2) is 26.4 Å². The molecule has 0 saturated carbocycles. The smallest absolute Gasteiger partial charge is 0.326 e. The van der Waals surface area contributed by atoms with Crippen LogP contribution < -0.4 is 14.8 Å². The molecule has 1 aliphatic rings. The fourth-order valence-electron chi connectivity index (χ4n) is 4.43. The van der Waals surface area contributed by atoms with Gasteiger partial charge in [-0.15, -0.1) is 0 Å². The van der Waals surface area contributed by atoms with Crippen LogP contribution in [0.3, 0.4) is 0 Å². The maximum absolute atomic E-state index is 14.6. The number of sulfonamides is 1. The van der Waals surface area contributed by atoms with Gasteiger partial charge in [0.15, 0.2) is 0 Å². The zero-order valence-electron chi connectivity index (χ0n) is 20.7. The van der Waals surface area contributed by atoms with Crippen LogP contribution in [-0.2, 0) is 27.7 Å². The maximum atomic E-state index is 14.6. The lowest BCUT2D eigenvalue weighted by Crippen LogP contribution is -2.43. The van der Waals surface area contributed by atoms with Gasteiger partial charge in [0.2, 0.25) is 10.0 Å². The van der Waals surface area contributed by atoms with Crippen LogP contribution in [-0.4, -0.2) is 44.3 Å². The summed E-state index contributed by atoms with van der Waals surface area (Å²) in [4.78, 5) is 24.8. The van der Waals surface area contributed by atoms with Crippen molar-refractivity contribution in [2.75, 3.05) is 17.6 Å². The van der Waals surface area contributed by atoms with Gasteiger partial charge >= 0.3 is 5.97 Å². The van der Waals surface area contributed by atoms with Crippen LogP contribution in [0.5, 0.6) is 5.75 Å². The number of hydrogen-bond acceptors (Lipinski definition) is 5. The number of carboxylic acid groups (broad SMARTS) is 1. The molecular weight excluding hydrogens is 596 g/mol. The van der Waals surface area contributed by atoms with E-state index in [1.165, 1.54) is 0 Å². The molecule has 3 aromatic rings. The Morgan fingerprint density at radius 2 is 1.70 bits per heavy atom. The molecule has 0 aliphatic carbocycles. The fourth-order valence-corrected chi connectivity index (χ4v) is 5.64. The van der Waals surface area contributed by atoms with Crippen LogP contribution in [0.4, 0.5) is 18.9 Å². The molecule has 40 heavy (non-hydrogen) atoms. The number of nitrogens with one attached hydrogen (secondary N) is 2. The van der Waals surface area contributed by atoms with Crippen molar-refractivity contribution in [1.29, 1.82) is 0 Å². The zero-order chi connectivity index (χ0) is 29.4. The lowest BCUT2D eigenvalue weighted by molar-refractivity contribution is -0.139. The molecule has 14 heteroatoms. The van der Waals surface area contributed by atoms with Gasteiger partial charge in [-0.1, -0.05) is 35.3 Å². The minimum Gasteiger partial charge on any atom is -0.493 e. The molecule has 0 radical (unpaired) electrons. The van der Waals surface area contributed by atoms with Gasteiger partial charge in [0.05, 0.1) is 28.6 Å². The number of fused-ring (bicyclic) bond motifs is 1. The molecule has 4 rings (SSSR count). The summed E-state index contributed by atoms with van der Waals surface area (Å²) < 4.78 is 73.4. The normalized spacial score (nSPS) is 13.7. The summed E-state index contributed by atoms with van der Waals surface area (Å²) >= 11 is 12.5. The SMILES string of the molecule is CS(=O)(=O)Nc1cc(F)c(C(=O)NC(Cc2ccc(-c3c(Cl)cc(F)cc3Cl)c3c2CCCO3)C(=O)O)c(F)c1. The maximum Gasteiger partial charge on any atom is 0.326 e. The third kappa shape index (κ3) is 6.45. The monoisotopic (exact) mass is 616 g/mol. The summed E-state index contributed by atoms with van der Waals surface area (Å²) in [5, 5.41) is 12.0. The van der Waals surface area contributed by atoms with E-state index >= 15 is 0 Å². The summed E-state index contributed by atoms with van der Waals surface area (Å²) in [6.45, 7) is 0.349. The van der Waals surface area contributed by atoms with Gasteiger partial charge in [0.25, 0.3) is 5.91 Å². The molecule has 212 valence electrons. The first-order valence-electron chi connectivity index (χ1n) is 11.7. The number of carbonyl (C=O) groups is 2. The average Bonchev–Trinajstić information content (AvgIpc) is 2.82. The first kappa shape index (κ1) is 29.5. The van der Waals surface area contributed by atoms with Gasteiger partial charge in [-0.2, -0.15) is 0 Å². The Hall–Kier alpha value is -3.48. The minimum atomic E-state index is -3.85. The largest absolute Gasteiger partial charge is 0.493 e. The van der Waals surface area contributed by atoms with Crippen molar-refractivity contribution in [3.05, 3.63) is 80.6 Å². The number of benzene rings is 3. The number of ether oxygens (including phenoxy) is 1. The minimum absolute atomic E-state index is 0.0478. The molecule has 3 aromatic carbocycles. The number of rotatable bonds is 8. The standard InChI is InChI=1S/C26H21Cl2F3N2O6S/c1-40(37,38)33-14-10-19(30)23(20(31)11-14)25(34)32-21(26(35)36)7-12-4-5-16(24-15(12)3-2-6-39-24)22-17(27)8-13(29)9-18(22)28/h4-5,8-11,21,33H,2-3,6-7H2,1H3,(H,32,34)(H,35,36). The summed E-state index contributed by atoms with van der Waals surface area (Å²) in [5.74, 6) is -5.85. The van der Waals surface area contributed by atoms with Crippen molar-refractivity contribution < 1.29 is 41.0 Å². The molecular formula is C26H21Cl2F3N2O6S. The molecule has 0 fully saturated rings. The highest BCUT2D eigenvalue weighted by Gasteiger charge is 2.29. The van der Waals surface area contributed by atoms with E-state index in [4.69, 9.17) is 27.9 Å². The summed E-state index contributed by atoms with van der Waals surface area (Å²) in [6.07, 6.45) is 1.59. The van der Waals surface area contributed by atoms with E-state index in [2.05, 4.69) is 5.32 Å². The van der Waals surface area contributed by atoms with Gasteiger partial charge < -0.3 is 15.2 Å².